The Hall–Kier alpha value is -1.36. The molecule has 0 aliphatic carbocycles. The van der Waals surface area contributed by atoms with Gasteiger partial charge in [-0.05, 0) is 11.6 Å². The molecule has 1 aromatic carbocycles. The van der Waals surface area contributed by atoms with Gasteiger partial charge < -0.3 is 10.2 Å². The molecule has 1 rings (SSSR count). The van der Waals surface area contributed by atoms with Crippen LogP contribution >= 0.6 is 15.9 Å². The van der Waals surface area contributed by atoms with E-state index < -0.39 is 0 Å². The van der Waals surface area contributed by atoms with Crippen molar-refractivity contribution >= 4 is 33.4 Å². The molecule has 0 saturated carbocycles. The van der Waals surface area contributed by atoms with E-state index in [9.17, 15) is 9.59 Å². The molecule has 0 saturated heterocycles. The maximum absolute atomic E-state index is 11.3. The van der Waals surface area contributed by atoms with Crippen LogP contribution in [0.2, 0.25) is 0 Å². The Morgan fingerprint density at radius 1 is 1.35 bits per heavy atom. The lowest BCUT2D eigenvalue weighted by atomic mass is 10.1. The third-order valence-electron chi connectivity index (χ3n) is 2.36. The van der Waals surface area contributed by atoms with Gasteiger partial charge in [0.15, 0.2) is 0 Å². The van der Waals surface area contributed by atoms with Crippen LogP contribution in [-0.4, -0.2) is 29.1 Å². The molecule has 0 aliphatic rings. The average Bonchev–Trinajstić information content (AvgIpc) is 2.31. The van der Waals surface area contributed by atoms with Gasteiger partial charge in [0.05, 0.1) is 5.33 Å². The third kappa shape index (κ3) is 4.19. The molecule has 0 fully saturated rings. The number of hydrogen-bond donors (Lipinski definition) is 1. The first-order chi connectivity index (χ1) is 8.04. The van der Waals surface area contributed by atoms with Crippen molar-refractivity contribution in [1.29, 1.82) is 0 Å². The summed E-state index contributed by atoms with van der Waals surface area (Å²) in [6, 6.07) is 7.45. The first kappa shape index (κ1) is 13.7. The summed E-state index contributed by atoms with van der Waals surface area (Å²) < 4.78 is 0. The van der Waals surface area contributed by atoms with Gasteiger partial charge in [-0.3, -0.25) is 9.59 Å². The van der Waals surface area contributed by atoms with E-state index in [1.807, 2.05) is 24.3 Å². The Labute approximate surface area is 109 Å². The van der Waals surface area contributed by atoms with Crippen LogP contribution in [0.15, 0.2) is 24.3 Å². The van der Waals surface area contributed by atoms with Gasteiger partial charge in [-0.25, -0.2) is 0 Å². The standard InChI is InChI=1S/C12H15BrN2O2/c1-9(16)15(2)8-10-5-3-4-6-11(10)14-12(17)7-13/h3-6H,7-8H2,1-2H3,(H,14,17). The molecule has 2 amide bonds. The maximum Gasteiger partial charge on any atom is 0.235 e. The number of anilines is 1. The lowest BCUT2D eigenvalue weighted by Crippen LogP contribution is -2.24. The van der Waals surface area contributed by atoms with Crippen LogP contribution in [0.5, 0.6) is 0 Å². The monoisotopic (exact) mass is 298 g/mol. The molecule has 0 spiro atoms. The van der Waals surface area contributed by atoms with E-state index in [1.165, 1.54) is 6.92 Å². The van der Waals surface area contributed by atoms with Gasteiger partial charge >= 0.3 is 0 Å². The van der Waals surface area contributed by atoms with E-state index in [4.69, 9.17) is 0 Å². The Morgan fingerprint density at radius 2 is 2.00 bits per heavy atom. The number of para-hydroxylation sites is 1. The first-order valence-corrected chi connectivity index (χ1v) is 6.32. The predicted molar refractivity (Wildman–Crippen MR) is 71.0 cm³/mol. The number of nitrogens with zero attached hydrogens (tertiary/aromatic N) is 1. The zero-order valence-electron chi connectivity index (χ0n) is 9.87. The van der Waals surface area contributed by atoms with Crippen LogP contribution in [0, 0.1) is 0 Å². The number of hydrogen-bond acceptors (Lipinski definition) is 2. The molecule has 0 aromatic heterocycles. The SMILES string of the molecule is CC(=O)N(C)Cc1ccccc1NC(=O)CBr. The van der Waals surface area contributed by atoms with Crippen molar-refractivity contribution in [3.63, 3.8) is 0 Å². The highest BCUT2D eigenvalue weighted by atomic mass is 79.9. The van der Waals surface area contributed by atoms with Gasteiger partial charge in [0.2, 0.25) is 11.8 Å². The molecule has 92 valence electrons. The Balaban J connectivity index is 2.84. The second kappa shape index (κ2) is 6.39. The maximum atomic E-state index is 11.3. The van der Waals surface area contributed by atoms with Crippen molar-refractivity contribution < 1.29 is 9.59 Å². The highest BCUT2D eigenvalue weighted by Gasteiger charge is 2.09. The van der Waals surface area contributed by atoms with Crippen molar-refractivity contribution in [2.24, 2.45) is 0 Å². The van der Waals surface area contributed by atoms with Gasteiger partial charge in [-0.15, -0.1) is 0 Å². The van der Waals surface area contributed by atoms with E-state index in [2.05, 4.69) is 21.2 Å². The van der Waals surface area contributed by atoms with E-state index in [0.717, 1.165) is 11.3 Å². The Kier molecular flexibility index (Phi) is 5.15. The summed E-state index contributed by atoms with van der Waals surface area (Å²) in [5.74, 6) is -0.116. The minimum absolute atomic E-state index is 0.00776. The van der Waals surface area contributed by atoms with Crippen LogP contribution in [0.1, 0.15) is 12.5 Å². The van der Waals surface area contributed by atoms with Crippen molar-refractivity contribution in [2.75, 3.05) is 17.7 Å². The molecule has 0 heterocycles. The number of rotatable bonds is 4. The van der Waals surface area contributed by atoms with E-state index >= 15 is 0 Å². The summed E-state index contributed by atoms with van der Waals surface area (Å²) in [6.07, 6.45) is 0. The summed E-state index contributed by atoms with van der Waals surface area (Å²) in [6.45, 7) is 1.99. The molecule has 0 radical (unpaired) electrons. The zero-order valence-corrected chi connectivity index (χ0v) is 11.5. The van der Waals surface area contributed by atoms with Crippen LogP contribution in [0.3, 0.4) is 0 Å². The van der Waals surface area contributed by atoms with E-state index in [0.29, 0.717) is 6.54 Å². The molecule has 0 unspecified atom stereocenters. The predicted octanol–water partition coefficient (Wildman–Crippen LogP) is 2.00. The summed E-state index contributed by atoms with van der Waals surface area (Å²) in [4.78, 5) is 24.1. The highest BCUT2D eigenvalue weighted by Crippen LogP contribution is 2.16. The summed E-state index contributed by atoms with van der Waals surface area (Å²) in [5, 5.41) is 3.03. The second-order valence-corrected chi connectivity index (χ2v) is 4.27. The quantitative estimate of drug-likeness (QED) is 0.865. The number of benzene rings is 1. The fraction of sp³-hybridized carbons (Fsp3) is 0.333. The molecular formula is C12H15BrN2O2. The van der Waals surface area contributed by atoms with Crippen LogP contribution in [0.4, 0.5) is 5.69 Å². The summed E-state index contributed by atoms with van der Waals surface area (Å²) >= 11 is 3.09. The topological polar surface area (TPSA) is 49.4 Å². The molecule has 1 N–H and O–H groups in total. The minimum Gasteiger partial charge on any atom is -0.342 e. The molecule has 0 atom stereocenters. The molecule has 17 heavy (non-hydrogen) atoms. The molecule has 0 bridgehead atoms. The Bertz CT molecular complexity index is 421. The smallest absolute Gasteiger partial charge is 0.235 e. The molecule has 0 aliphatic heterocycles. The van der Waals surface area contributed by atoms with Gasteiger partial charge in [0, 0.05) is 26.2 Å². The Morgan fingerprint density at radius 3 is 2.59 bits per heavy atom. The van der Waals surface area contributed by atoms with Gasteiger partial charge in [-0.1, -0.05) is 34.1 Å². The molecule has 1 aromatic rings. The number of alkyl halides is 1. The number of carbonyl (C=O) groups is 2. The lowest BCUT2D eigenvalue weighted by Gasteiger charge is -2.17. The number of nitrogens with one attached hydrogen (secondary N) is 1. The lowest BCUT2D eigenvalue weighted by molar-refractivity contribution is -0.128. The first-order valence-electron chi connectivity index (χ1n) is 5.20. The number of carbonyl (C=O) groups excluding carboxylic acids is 2. The van der Waals surface area contributed by atoms with Crippen LogP contribution in [-0.2, 0) is 16.1 Å². The molecular weight excluding hydrogens is 284 g/mol. The zero-order chi connectivity index (χ0) is 12.8. The van der Waals surface area contributed by atoms with Crippen molar-refractivity contribution in [3.05, 3.63) is 29.8 Å². The second-order valence-electron chi connectivity index (χ2n) is 3.71. The van der Waals surface area contributed by atoms with Crippen LogP contribution < -0.4 is 5.32 Å². The van der Waals surface area contributed by atoms with Crippen molar-refractivity contribution in [2.45, 2.75) is 13.5 Å². The van der Waals surface area contributed by atoms with E-state index in [-0.39, 0.29) is 17.1 Å². The van der Waals surface area contributed by atoms with Gasteiger partial charge in [-0.2, -0.15) is 0 Å². The number of amides is 2. The molecule has 4 nitrogen and oxygen atoms in total. The highest BCUT2D eigenvalue weighted by molar-refractivity contribution is 9.09. The normalized spacial score (nSPS) is 9.82. The van der Waals surface area contributed by atoms with Crippen molar-refractivity contribution in [1.82, 2.24) is 4.90 Å². The summed E-state index contributed by atoms with van der Waals surface area (Å²) in [7, 11) is 1.73. The van der Waals surface area contributed by atoms with Crippen LogP contribution in [0.25, 0.3) is 0 Å². The fourth-order valence-electron chi connectivity index (χ4n) is 1.33. The minimum atomic E-state index is -0.108. The average molecular weight is 299 g/mol. The summed E-state index contributed by atoms with van der Waals surface area (Å²) in [5.41, 5.74) is 1.66. The third-order valence-corrected chi connectivity index (χ3v) is 2.87. The van der Waals surface area contributed by atoms with E-state index in [1.54, 1.807) is 11.9 Å². The van der Waals surface area contributed by atoms with Gasteiger partial charge in [0.25, 0.3) is 0 Å². The fourth-order valence-corrected chi connectivity index (χ4v) is 1.47. The largest absolute Gasteiger partial charge is 0.342 e. The van der Waals surface area contributed by atoms with Crippen molar-refractivity contribution in [3.8, 4) is 0 Å². The molecule has 5 heteroatoms. The number of halogens is 1. The van der Waals surface area contributed by atoms with Gasteiger partial charge in [0.1, 0.15) is 0 Å².